The Hall–Kier alpha value is -3.48. The van der Waals surface area contributed by atoms with Crippen LogP contribution in [0.1, 0.15) is 28.8 Å². The molecular weight excluding hydrogens is 394 g/mol. The van der Waals surface area contributed by atoms with Gasteiger partial charge in [-0.1, -0.05) is 42.5 Å². The van der Waals surface area contributed by atoms with Gasteiger partial charge in [-0.3, -0.25) is 10.1 Å². The van der Waals surface area contributed by atoms with Crippen LogP contribution in [0.5, 0.6) is 0 Å². The molecule has 0 saturated carbocycles. The number of H-pyrrole nitrogens is 1. The van der Waals surface area contributed by atoms with Crippen LogP contribution in [0, 0.1) is 12.9 Å². The molecule has 0 atom stereocenters. The van der Waals surface area contributed by atoms with Gasteiger partial charge in [0.25, 0.3) is 0 Å². The SMILES string of the molecule is Cc1ccc(/C(=C(/CC(F)(F)F)c2ccccc2)c2ccc3[nH]nc(F)c3c2)cn1. The normalized spacial score (nSPS) is 12.8. The van der Waals surface area contributed by atoms with E-state index in [0.29, 0.717) is 27.8 Å². The van der Waals surface area contributed by atoms with Crippen molar-refractivity contribution in [2.24, 2.45) is 0 Å². The zero-order chi connectivity index (χ0) is 21.3. The Labute approximate surface area is 170 Å². The molecule has 0 spiro atoms. The minimum absolute atomic E-state index is 0.0945. The lowest BCUT2D eigenvalue weighted by Crippen LogP contribution is -2.10. The van der Waals surface area contributed by atoms with E-state index in [1.165, 1.54) is 6.07 Å². The summed E-state index contributed by atoms with van der Waals surface area (Å²) < 4.78 is 54.9. The summed E-state index contributed by atoms with van der Waals surface area (Å²) >= 11 is 0. The van der Waals surface area contributed by atoms with Crippen molar-refractivity contribution >= 4 is 22.0 Å². The van der Waals surface area contributed by atoms with Crippen molar-refractivity contribution in [1.82, 2.24) is 15.2 Å². The highest BCUT2D eigenvalue weighted by molar-refractivity contribution is 6.00. The Morgan fingerprint density at radius 1 is 0.933 bits per heavy atom. The van der Waals surface area contributed by atoms with Gasteiger partial charge in [0, 0.05) is 17.5 Å². The van der Waals surface area contributed by atoms with Crippen LogP contribution in [0.2, 0.25) is 0 Å². The molecule has 0 aliphatic rings. The van der Waals surface area contributed by atoms with Gasteiger partial charge in [-0.2, -0.15) is 17.6 Å². The van der Waals surface area contributed by atoms with Gasteiger partial charge in [-0.25, -0.2) is 0 Å². The van der Waals surface area contributed by atoms with E-state index < -0.39 is 18.5 Å². The second-order valence-corrected chi connectivity index (χ2v) is 6.97. The maximum atomic E-state index is 14.1. The summed E-state index contributed by atoms with van der Waals surface area (Å²) in [6, 6.07) is 16.7. The first-order chi connectivity index (χ1) is 14.3. The summed E-state index contributed by atoms with van der Waals surface area (Å²) in [6.07, 6.45) is -4.02. The first kappa shape index (κ1) is 19.8. The number of aromatic amines is 1. The van der Waals surface area contributed by atoms with E-state index in [4.69, 9.17) is 0 Å². The first-order valence-electron chi connectivity index (χ1n) is 9.24. The molecule has 3 nitrogen and oxygen atoms in total. The first-order valence-corrected chi connectivity index (χ1v) is 9.24. The Morgan fingerprint density at radius 2 is 1.67 bits per heavy atom. The number of rotatable bonds is 4. The summed E-state index contributed by atoms with van der Waals surface area (Å²) in [6.45, 7) is 1.80. The highest BCUT2D eigenvalue weighted by Crippen LogP contribution is 2.39. The third-order valence-electron chi connectivity index (χ3n) is 4.81. The van der Waals surface area contributed by atoms with Crippen molar-refractivity contribution in [2.45, 2.75) is 19.5 Å². The minimum atomic E-state index is -4.43. The summed E-state index contributed by atoms with van der Waals surface area (Å²) in [5.74, 6) is -0.703. The van der Waals surface area contributed by atoms with Crippen molar-refractivity contribution in [1.29, 1.82) is 0 Å². The predicted octanol–water partition coefficient (Wildman–Crippen LogP) is 6.32. The summed E-state index contributed by atoms with van der Waals surface area (Å²) in [5.41, 5.74) is 3.08. The van der Waals surface area contributed by atoms with Crippen LogP contribution in [0.25, 0.3) is 22.0 Å². The number of hydrogen-bond donors (Lipinski definition) is 1. The van der Waals surface area contributed by atoms with Crippen LogP contribution < -0.4 is 0 Å². The largest absolute Gasteiger partial charge is 0.393 e. The Bertz CT molecular complexity index is 1210. The maximum Gasteiger partial charge on any atom is 0.393 e. The van der Waals surface area contributed by atoms with Crippen LogP contribution in [-0.4, -0.2) is 21.4 Å². The fourth-order valence-electron chi connectivity index (χ4n) is 3.44. The lowest BCUT2D eigenvalue weighted by Gasteiger charge is -2.19. The lowest BCUT2D eigenvalue weighted by molar-refractivity contribution is -0.122. The molecule has 152 valence electrons. The smallest absolute Gasteiger partial charge is 0.275 e. The number of pyridine rings is 1. The Balaban J connectivity index is 2.04. The average molecular weight is 411 g/mol. The molecule has 0 aliphatic heterocycles. The molecule has 0 fully saturated rings. The molecule has 2 heterocycles. The van der Waals surface area contributed by atoms with Crippen molar-refractivity contribution in [3.63, 3.8) is 0 Å². The third kappa shape index (κ3) is 4.10. The van der Waals surface area contributed by atoms with E-state index in [1.807, 2.05) is 0 Å². The van der Waals surface area contributed by atoms with Crippen LogP contribution in [0.15, 0.2) is 66.9 Å². The number of allylic oxidation sites excluding steroid dienone is 1. The van der Waals surface area contributed by atoms with Crippen LogP contribution in [0.3, 0.4) is 0 Å². The standard InChI is InChI=1S/C23H17F4N3/c1-14-7-8-17(13-28-14)21(16-9-10-20-18(11-16)22(24)30-29-20)19(12-23(25,26)27)15-5-3-2-4-6-15/h2-11,13H,12H2,1H3,(H,29,30)/b21-19-. The number of halogens is 4. The van der Waals surface area contributed by atoms with Crippen molar-refractivity contribution < 1.29 is 17.6 Å². The second-order valence-electron chi connectivity index (χ2n) is 6.97. The van der Waals surface area contributed by atoms with Gasteiger partial charge in [0.2, 0.25) is 5.95 Å². The summed E-state index contributed by atoms with van der Waals surface area (Å²) in [5, 5.41) is 6.32. The molecule has 0 saturated heterocycles. The van der Waals surface area contributed by atoms with E-state index in [0.717, 1.165) is 5.69 Å². The summed E-state index contributed by atoms with van der Waals surface area (Å²) in [7, 11) is 0. The maximum absolute atomic E-state index is 14.1. The summed E-state index contributed by atoms with van der Waals surface area (Å²) in [4.78, 5) is 4.26. The molecule has 0 amide bonds. The number of benzene rings is 2. The molecule has 0 radical (unpaired) electrons. The number of fused-ring (bicyclic) bond motifs is 1. The van der Waals surface area contributed by atoms with Crippen molar-refractivity contribution in [2.75, 3.05) is 0 Å². The van der Waals surface area contributed by atoms with Gasteiger partial charge in [0.15, 0.2) is 0 Å². The van der Waals surface area contributed by atoms with E-state index >= 15 is 0 Å². The molecule has 2 aromatic carbocycles. The number of alkyl halides is 3. The average Bonchev–Trinajstić information content (AvgIpc) is 3.09. The molecule has 2 aromatic heterocycles. The fraction of sp³-hybridized carbons (Fsp3) is 0.130. The zero-order valence-corrected chi connectivity index (χ0v) is 16.0. The van der Waals surface area contributed by atoms with E-state index in [-0.39, 0.29) is 11.0 Å². The van der Waals surface area contributed by atoms with Gasteiger partial charge in [0.1, 0.15) is 0 Å². The zero-order valence-electron chi connectivity index (χ0n) is 16.0. The molecular formula is C23H17F4N3. The molecule has 0 aliphatic carbocycles. The fourth-order valence-corrected chi connectivity index (χ4v) is 3.44. The van der Waals surface area contributed by atoms with Crippen LogP contribution >= 0.6 is 0 Å². The monoisotopic (exact) mass is 411 g/mol. The molecule has 7 heteroatoms. The number of nitrogens with one attached hydrogen (secondary N) is 1. The van der Waals surface area contributed by atoms with Crippen molar-refractivity contribution in [3.8, 4) is 0 Å². The molecule has 1 N–H and O–H groups in total. The molecule has 4 aromatic rings. The second kappa shape index (κ2) is 7.74. The van der Waals surface area contributed by atoms with Gasteiger partial charge < -0.3 is 0 Å². The van der Waals surface area contributed by atoms with Crippen LogP contribution in [-0.2, 0) is 0 Å². The highest BCUT2D eigenvalue weighted by Gasteiger charge is 2.31. The van der Waals surface area contributed by atoms with Gasteiger partial charge >= 0.3 is 6.18 Å². The number of aryl methyl sites for hydroxylation is 1. The third-order valence-corrected chi connectivity index (χ3v) is 4.81. The van der Waals surface area contributed by atoms with Gasteiger partial charge in [-0.05, 0) is 47.4 Å². The number of nitrogens with zero attached hydrogens (tertiary/aromatic N) is 2. The molecule has 0 unspecified atom stereocenters. The van der Waals surface area contributed by atoms with Crippen molar-refractivity contribution in [3.05, 3.63) is 95.2 Å². The molecule has 4 rings (SSSR count). The minimum Gasteiger partial charge on any atom is -0.275 e. The number of hydrogen-bond acceptors (Lipinski definition) is 2. The Kier molecular flexibility index (Phi) is 5.11. The lowest BCUT2D eigenvalue weighted by atomic mass is 9.88. The van der Waals surface area contributed by atoms with Gasteiger partial charge in [0.05, 0.1) is 17.3 Å². The van der Waals surface area contributed by atoms with Gasteiger partial charge in [-0.15, -0.1) is 5.10 Å². The number of aromatic nitrogens is 3. The van der Waals surface area contributed by atoms with E-state index in [1.54, 1.807) is 67.7 Å². The Morgan fingerprint density at radius 3 is 2.33 bits per heavy atom. The topological polar surface area (TPSA) is 41.6 Å². The van der Waals surface area contributed by atoms with E-state index in [9.17, 15) is 17.6 Å². The molecule has 30 heavy (non-hydrogen) atoms. The predicted molar refractivity (Wildman–Crippen MR) is 108 cm³/mol. The van der Waals surface area contributed by atoms with E-state index in [2.05, 4.69) is 15.2 Å². The highest BCUT2D eigenvalue weighted by atomic mass is 19.4. The molecule has 0 bridgehead atoms. The quantitative estimate of drug-likeness (QED) is 0.316. The van der Waals surface area contributed by atoms with Crippen LogP contribution in [0.4, 0.5) is 17.6 Å².